The number of carbonyl (C=O) groups excluding carboxylic acids is 3. The zero-order chi connectivity index (χ0) is 25.5. The average Bonchev–Trinajstić information content (AvgIpc) is 3.42. The molecule has 0 unspecified atom stereocenters. The highest BCUT2D eigenvalue weighted by molar-refractivity contribution is 6.21. The van der Waals surface area contributed by atoms with Gasteiger partial charge >= 0.3 is 6.09 Å². The number of para-hydroxylation sites is 1. The molecule has 0 bridgehead atoms. The van der Waals surface area contributed by atoms with Crippen LogP contribution in [0.3, 0.4) is 0 Å². The first-order valence-electron chi connectivity index (χ1n) is 12.3. The van der Waals surface area contributed by atoms with Crippen LogP contribution >= 0.6 is 0 Å². The molecule has 0 aromatic heterocycles. The van der Waals surface area contributed by atoms with Gasteiger partial charge in [-0.1, -0.05) is 30.3 Å². The number of cyclic esters (lactones) is 1. The van der Waals surface area contributed by atoms with Crippen LogP contribution in [0.15, 0.2) is 72.8 Å². The summed E-state index contributed by atoms with van der Waals surface area (Å²) in [5.41, 5.74) is 2.71. The highest BCUT2D eigenvalue weighted by Crippen LogP contribution is 2.30. The Balaban J connectivity index is 1.10. The van der Waals surface area contributed by atoms with Gasteiger partial charge in [0.2, 0.25) is 0 Å². The number of halogens is 1. The van der Waals surface area contributed by atoms with E-state index in [0.29, 0.717) is 35.6 Å². The molecular weight excluding hydrogens is 475 g/mol. The van der Waals surface area contributed by atoms with Crippen LogP contribution in [-0.4, -0.2) is 68.2 Å². The molecule has 3 heterocycles. The van der Waals surface area contributed by atoms with Crippen LogP contribution < -0.4 is 14.7 Å². The maximum absolute atomic E-state index is 15.2. The minimum Gasteiger partial charge on any atom is -0.442 e. The maximum atomic E-state index is 15.2. The highest BCUT2D eigenvalue weighted by atomic mass is 19.1. The third kappa shape index (κ3) is 4.16. The van der Waals surface area contributed by atoms with Crippen molar-refractivity contribution in [3.05, 3.63) is 89.7 Å². The molecule has 2 fully saturated rings. The Bertz CT molecular complexity index is 1340. The maximum Gasteiger partial charge on any atom is 0.414 e. The quantitative estimate of drug-likeness (QED) is 0.497. The van der Waals surface area contributed by atoms with Crippen molar-refractivity contribution in [1.82, 2.24) is 4.90 Å². The molecule has 0 spiro atoms. The van der Waals surface area contributed by atoms with Crippen LogP contribution in [0.2, 0.25) is 0 Å². The molecule has 3 amide bonds. The number of nitrogens with zero attached hydrogens (tertiary/aromatic N) is 4. The number of hydrogen-bond acceptors (Lipinski definition) is 6. The summed E-state index contributed by atoms with van der Waals surface area (Å²) in [4.78, 5) is 44.6. The summed E-state index contributed by atoms with van der Waals surface area (Å²) < 4.78 is 20.6. The molecule has 188 valence electrons. The Morgan fingerprint density at radius 2 is 1.38 bits per heavy atom. The molecule has 3 aliphatic heterocycles. The number of carbonyl (C=O) groups is 3. The van der Waals surface area contributed by atoms with Crippen LogP contribution in [0.5, 0.6) is 0 Å². The lowest BCUT2D eigenvalue weighted by atomic mass is 10.1. The van der Waals surface area contributed by atoms with Crippen LogP contribution in [0.25, 0.3) is 0 Å². The normalized spacial score (nSPS) is 19.5. The Labute approximate surface area is 213 Å². The largest absolute Gasteiger partial charge is 0.442 e. The van der Waals surface area contributed by atoms with Gasteiger partial charge in [0, 0.05) is 31.9 Å². The minimum absolute atomic E-state index is 0.0547. The molecule has 9 heteroatoms. The summed E-state index contributed by atoms with van der Waals surface area (Å²) in [6.07, 6.45) is -1.34. The molecular formula is C28H25FN4O4. The van der Waals surface area contributed by atoms with Crippen molar-refractivity contribution < 1.29 is 23.5 Å². The van der Waals surface area contributed by atoms with E-state index in [1.807, 2.05) is 23.1 Å². The van der Waals surface area contributed by atoms with Gasteiger partial charge in [0.25, 0.3) is 11.8 Å². The van der Waals surface area contributed by atoms with Crippen molar-refractivity contribution in [2.24, 2.45) is 0 Å². The zero-order valence-corrected chi connectivity index (χ0v) is 20.0. The lowest BCUT2D eigenvalue weighted by Crippen LogP contribution is -2.46. The van der Waals surface area contributed by atoms with E-state index >= 15 is 4.39 Å². The lowest BCUT2D eigenvalue weighted by molar-refractivity contribution is 0.0558. The number of anilines is 3. The predicted molar refractivity (Wildman–Crippen MR) is 137 cm³/mol. The molecule has 3 aliphatic rings. The third-order valence-electron chi connectivity index (χ3n) is 7.12. The van der Waals surface area contributed by atoms with E-state index < -0.39 is 29.8 Å². The van der Waals surface area contributed by atoms with Gasteiger partial charge in [0.15, 0.2) is 0 Å². The van der Waals surface area contributed by atoms with Crippen molar-refractivity contribution in [2.75, 3.05) is 54.0 Å². The van der Waals surface area contributed by atoms with Crippen molar-refractivity contribution in [3.63, 3.8) is 0 Å². The molecule has 0 aliphatic carbocycles. The number of amides is 3. The van der Waals surface area contributed by atoms with Gasteiger partial charge in [-0.05, 0) is 42.5 Å². The Morgan fingerprint density at radius 1 is 0.757 bits per heavy atom. The molecule has 6 rings (SSSR count). The van der Waals surface area contributed by atoms with Gasteiger partial charge in [-0.15, -0.1) is 0 Å². The molecule has 1 atom stereocenters. The summed E-state index contributed by atoms with van der Waals surface area (Å²) in [6.45, 7) is 2.98. The molecule has 3 aromatic carbocycles. The smallest absolute Gasteiger partial charge is 0.414 e. The van der Waals surface area contributed by atoms with E-state index in [2.05, 4.69) is 17.0 Å². The monoisotopic (exact) mass is 500 g/mol. The summed E-state index contributed by atoms with van der Waals surface area (Å²) in [7, 11) is 0. The molecule has 3 aromatic rings. The second-order valence-electron chi connectivity index (χ2n) is 9.33. The number of hydrogen-bond donors (Lipinski definition) is 0. The van der Waals surface area contributed by atoms with Crippen LogP contribution in [-0.2, 0) is 4.74 Å². The predicted octanol–water partition coefficient (Wildman–Crippen LogP) is 3.77. The number of rotatable bonds is 5. The number of piperazine rings is 1. The summed E-state index contributed by atoms with van der Waals surface area (Å²) in [5, 5.41) is 0. The van der Waals surface area contributed by atoms with Gasteiger partial charge in [0.1, 0.15) is 11.9 Å². The molecule has 37 heavy (non-hydrogen) atoms. The van der Waals surface area contributed by atoms with Crippen molar-refractivity contribution in [2.45, 2.75) is 6.10 Å². The van der Waals surface area contributed by atoms with E-state index in [4.69, 9.17) is 4.74 Å². The van der Waals surface area contributed by atoms with Crippen molar-refractivity contribution >= 4 is 35.0 Å². The van der Waals surface area contributed by atoms with E-state index in [0.717, 1.165) is 23.7 Å². The van der Waals surface area contributed by atoms with Crippen molar-refractivity contribution in [1.29, 1.82) is 0 Å². The van der Waals surface area contributed by atoms with Gasteiger partial charge < -0.3 is 14.5 Å². The molecule has 2 saturated heterocycles. The van der Waals surface area contributed by atoms with E-state index in [9.17, 15) is 14.4 Å². The fourth-order valence-corrected chi connectivity index (χ4v) is 5.20. The van der Waals surface area contributed by atoms with E-state index in [1.165, 1.54) is 11.0 Å². The standard InChI is InChI=1S/C28H25FN4O4/c29-24-16-20(10-11-25(24)31-14-12-30(13-15-31)19-6-2-1-3-7-19)32-17-21(37-28(32)36)18-33-26(34)22-8-4-5-9-23(22)27(33)35/h1-11,16,21H,12-15,17-18H2/t21-/m1/s1. The second-order valence-corrected chi connectivity index (χ2v) is 9.33. The van der Waals surface area contributed by atoms with Gasteiger partial charge in [-0.25, -0.2) is 9.18 Å². The van der Waals surface area contributed by atoms with E-state index in [-0.39, 0.29) is 13.1 Å². The molecule has 8 nitrogen and oxygen atoms in total. The Kier molecular flexibility index (Phi) is 5.75. The SMILES string of the molecule is O=C1c2ccccc2C(=O)N1C[C@H]1CN(c2ccc(N3CCN(c4ccccc4)CC3)c(F)c2)C(=O)O1. The fraction of sp³-hybridized carbons (Fsp3) is 0.250. The number of imide groups is 1. The minimum atomic E-state index is -0.705. The van der Waals surface area contributed by atoms with Crippen LogP contribution in [0, 0.1) is 5.82 Å². The summed E-state index contributed by atoms with van der Waals surface area (Å²) >= 11 is 0. The first-order chi connectivity index (χ1) is 18.0. The van der Waals surface area contributed by atoms with Crippen LogP contribution in [0.4, 0.5) is 26.2 Å². The average molecular weight is 501 g/mol. The fourth-order valence-electron chi connectivity index (χ4n) is 5.20. The summed E-state index contributed by atoms with van der Waals surface area (Å²) in [5.74, 6) is -1.22. The Hall–Kier alpha value is -4.40. The van der Waals surface area contributed by atoms with Gasteiger partial charge in [-0.2, -0.15) is 0 Å². The lowest BCUT2D eigenvalue weighted by Gasteiger charge is -2.37. The van der Waals surface area contributed by atoms with Crippen LogP contribution in [0.1, 0.15) is 20.7 Å². The van der Waals surface area contributed by atoms with E-state index in [1.54, 1.807) is 36.4 Å². The zero-order valence-electron chi connectivity index (χ0n) is 20.0. The van der Waals surface area contributed by atoms with Crippen molar-refractivity contribution in [3.8, 4) is 0 Å². The number of benzene rings is 3. The molecule has 0 radical (unpaired) electrons. The van der Waals surface area contributed by atoms with Gasteiger partial charge in [0.05, 0.1) is 35.6 Å². The second kappa shape index (κ2) is 9.24. The van der Waals surface area contributed by atoms with Gasteiger partial charge in [-0.3, -0.25) is 19.4 Å². The first kappa shape index (κ1) is 23.0. The number of ether oxygens (including phenoxy) is 1. The molecule has 0 N–H and O–H groups in total. The topological polar surface area (TPSA) is 73.4 Å². The Morgan fingerprint density at radius 3 is 2.03 bits per heavy atom. The highest BCUT2D eigenvalue weighted by Gasteiger charge is 2.40. The first-order valence-corrected chi connectivity index (χ1v) is 12.3. The summed E-state index contributed by atoms with van der Waals surface area (Å²) in [6, 6.07) is 21.5. The molecule has 0 saturated carbocycles. The third-order valence-corrected chi connectivity index (χ3v) is 7.12. The number of fused-ring (bicyclic) bond motifs is 1.